The molecule has 5 heteroatoms. The van der Waals surface area contributed by atoms with Crippen LogP contribution in [0.4, 0.5) is 0 Å². The van der Waals surface area contributed by atoms with Gasteiger partial charge in [0.05, 0.1) is 12.1 Å². The first-order chi connectivity index (χ1) is 8.06. The van der Waals surface area contributed by atoms with Crippen molar-refractivity contribution in [1.82, 2.24) is 10.3 Å². The minimum atomic E-state index is -0.118. The molecule has 0 unspecified atom stereocenters. The zero-order valence-electron chi connectivity index (χ0n) is 10.0. The summed E-state index contributed by atoms with van der Waals surface area (Å²) in [6.07, 6.45) is 0. The fourth-order valence-electron chi connectivity index (χ4n) is 1.59. The highest BCUT2D eigenvalue weighted by Crippen LogP contribution is 2.14. The molecule has 1 amide bonds. The second kappa shape index (κ2) is 4.71. The molecule has 0 aromatic carbocycles. The van der Waals surface area contributed by atoms with Crippen LogP contribution in [0.1, 0.15) is 32.6 Å². The van der Waals surface area contributed by atoms with E-state index >= 15 is 0 Å². The van der Waals surface area contributed by atoms with Gasteiger partial charge in [-0.15, -0.1) is 11.3 Å². The Balaban J connectivity index is 2.00. The molecular weight excluding hydrogens is 236 g/mol. The van der Waals surface area contributed by atoms with E-state index in [0.29, 0.717) is 17.9 Å². The van der Waals surface area contributed by atoms with E-state index < -0.39 is 0 Å². The van der Waals surface area contributed by atoms with Crippen molar-refractivity contribution in [3.63, 3.8) is 0 Å². The first-order valence-corrected chi connectivity index (χ1v) is 6.20. The van der Waals surface area contributed by atoms with E-state index in [1.54, 1.807) is 24.3 Å². The third-order valence-corrected chi connectivity index (χ3v) is 3.32. The Morgan fingerprint density at radius 1 is 1.47 bits per heavy atom. The molecule has 0 spiro atoms. The van der Waals surface area contributed by atoms with Crippen molar-refractivity contribution >= 4 is 17.2 Å². The molecule has 2 aromatic heterocycles. The first kappa shape index (κ1) is 11.9. The maximum Gasteiger partial charge on any atom is 0.255 e. The molecule has 0 radical (unpaired) electrons. The lowest BCUT2D eigenvalue weighted by Crippen LogP contribution is -2.22. The van der Waals surface area contributed by atoms with Crippen molar-refractivity contribution in [3.8, 4) is 0 Å². The van der Waals surface area contributed by atoms with Crippen LogP contribution in [0.15, 0.2) is 15.9 Å². The second-order valence-electron chi connectivity index (χ2n) is 3.89. The summed E-state index contributed by atoms with van der Waals surface area (Å²) in [5.74, 6) is 1.28. The van der Waals surface area contributed by atoms with E-state index in [4.69, 9.17) is 4.42 Å². The molecule has 2 rings (SSSR count). The van der Waals surface area contributed by atoms with Gasteiger partial charge < -0.3 is 9.73 Å². The molecule has 0 atom stereocenters. The molecule has 0 saturated carbocycles. The predicted molar refractivity (Wildman–Crippen MR) is 66.2 cm³/mol. The van der Waals surface area contributed by atoms with Crippen molar-refractivity contribution < 1.29 is 9.21 Å². The van der Waals surface area contributed by atoms with Gasteiger partial charge in [-0.3, -0.25) is 4.79 Å². The van der Waals surface area contributed by atoms with Crippen LogP contribution in [0.3, 0.4) is 0 Å². The molecule has 1 N–H and O–H groups in total. The van der Waals surface area contributed by atoms with E-state index in [0.717, 1.165) is 16.5 Å². The summed E-state index contributed by atoms with van der Waals surface area (Å²) in [7, 11) is 0. The van der Waals surface area contributed by atoms with Crippen LogP contribution in [-0.2, 0) is 6.54 Å². The SMILES string of the molecule is Cc1csc(CNC(=O)c2cc(C)oc2C)n1. The summed E-state index contributed by atoms with van der Waals surface area (Å²) in [5, 5.41) is 5.71. The summed E-state index contributed by atoms with van der Waals surface area (Å²) in [6.45, 7) is 6.01. The van der Waals surface area contributed by atoms with E-state index in [1.165, 1.54) is 0 Å². The molecule has 90 valence electrons. The lowest BCUT2D eigenvalue weighted by atomic mass is 10.2. The van der Waals surface area contributed by atoms with E-state index in [-0.39, 0.29) is 5.91 Å². The standard InChI is InChI=1S/C12H14N2O2S/c1-7-6-17-11(14-7)5-13-12(15)10-4-8(2)16-9(10)3/h4,6H,5H2,1-3H3,(H,13,15). The first-order valence-electron chi connectivity index (χ1n) is 5.32. The van der Waals surface area contributed by atoms with Crippen LogP contribution in [-0.4, -0.2) is 10.9 Å². The lowest BCUT2D eigenvalue weighted by Gasteiger charge is -2.01. The second-order valence-corrected chi connectivity index (χ2v) is 4.83. The third kappa shape index (κ3) is 2.74. The Labute approximate surface area is 104 Å². The van der Waals surface area contributed by atoms with Crippen LogP contribution in [0.2, 0.25) is 0 Å². The van der Waals surface area contributed by atoms with Crippen LogP contribution < -0.4 is 5.32 Å². The molecule has 2 aromatic rings. The monoisotopic (exact) mass is 250 g/mol. The largest absolute Gasteiger partial charge is 0.466 e. The van der Waals surface area contributed by atoms with Gasteiger partial charge in [0.1, 0.15) is 16.5 Å². The highest BCUT2D eigenvalue weighted by molar-refractivity contribution is 7.09. The normalized spacial score (nSPS) is 10.5. The highest BCUT2D eigenvalue weighted by atomic mass is 32.1. The maximum atomic E-state index is 11.9. The Morgan fingerprint density at radius 2 is 2.24 bits per heavy atom. The van der Waals surface area contributed by atoms with Crippen molar-refractivity contribution in [1.29, 1.82) is 0 Å². The summed E-state index contributed by atoms with van der Waals surface area (Å²) in [6, 6.07) is 1.75. The number of carbonyl (C=O) groups is 1. The topological polar surface area (TPSA) is 55.1 Å². The molecule has 0 fully saturated rings. The molecule has 0 aliphatic rings. The van der Waals surface area contributed by atoms with Gasteiger partial charge in [-0.05, 0) is 26.8 Å². The number of amides is 1. The zero-order valence-corrected chi connectivity index (χ0v) is 10.9. The van der Waals surface area contributed by atoms with Gasteiger partial charge in [0.25, 0.3) is 5.91 Å². The summed E-state index contributed by atoms with van der Waals surface area (Å²) in [4.78, 5) is 16.1. The van der Waals surface area contributed by atoms with Crippen LogP contribution in [0.5, 0.6) is 0 Å². The molecule has 0 aliphatic carbocycles. The van der Waals surface area contributed by atoms with Gasteiger partial charge in [0.15, 0.2) is 0 Å². The van der Waals surface area contributed by atoms with E-state index in [9.17, 15) is 4.79 Å². The van der Waals surface area contributed by atoms with Gasteiger partial charge >= 0.3 is 0 Å². The van der Waals surface area contributed by atoms with Crippen molar-refractivity contribution in [2.45, 2.75) is 27.3 Å². The van der Waals surface area contributed by atoms with Gasteiger partial charge in [-0.25, -0.2) is 4.98 Å². The Morgan fingerprint density at radius 3 is 2.76 bits per heavy atom. The highest BCUT2D eigenvalue weighted by Gasteiger charge is 2.13. The minimum Gasteiger partial charge on any atom is -0.466 e. The van der Waals surface area contributed by atoms with Gasteiger partial charge in [-0.2, -0.15) is 0 Å². The quantitative estimate of drug-likeness (QED) is 0.911. The zero-order chi connectivity index (χ0) is 12.4. The average molecular weight is 250 g/mol. The van der Waals surface area contributed by atoms with Crippen LogP contribution in [0.25, 0.3) is 0 Å². The Kier molecular flexibility index (Phi) is 3.28. The lowest BCUT2D eigenvalue weighted by molar-refractivity contribution is 0.0949. The van der Waals surface area contributed by atoms with Gasteiger partial charge in [-0.1, -0.05) is 0 Å². The third-order valence-electron chi connectivity index (χ3n) is 2.35. The Bertz CT molecular complexity index is 542. The predicted octanol–water partition coefficient (Wildman–Crippen LogP) is 2.59. The summed E-state index contributed by atoms with van der Waals surface area (Å²) >= 11 is 1.55. The molecule has 0 bridgehead atoms. The number of hydrogen-bond donors (Lipinski definition) is 1. The number of furan rings is 1. The van der Waals surface area contributed by atoms with E-state index in [2.05, 4.69) is 10.3 Å². The number of rotatable bonds is 3. The molecule has 4 nitrogen and oxygen atoms in total. The molecule has 2 heterocycles. The Hall–Kier alpha value is -1.62. The smallest absolute Gasteiger partial charge is 0.255 e. The van der Waals surface area contributed by atoms with Crippen molar-refractivity contribution in [2.24, 2.45) is 0 Å². The number of hydrogen-bond acceptors (Lipinski definition) is 4. The number of carbonyl (C=O) groups excluding carboxylic acids is 1. The number of nitrogens with zero attached hydrogens (tertiary/aromatic N) is 1. The summed E-state index contributed by atoms with van der Waals surface area (Å²) < 4.78 is 5.32. The molecule has 0 saturated heterocycles. The van der Waals surface area contributed by atoms with Gasteiger partial charge in [0, 0.05) is 11.1 Å². The van der Waals surface area contributed by atoms with Crippen LogP contribution in [0, 0.1) is 20.8 Å². The fourth-order valence-corrected chi connectivity index (χ4v) is 2.30. The molecule has 0 aliphatic heterocycles. The number of thiazole rings is 1. The number of aryl methyl sites for hydroxylation is 3. The number of aromatic nitrogens is 1. The fraction of sp³-hybridized carbons (Fsp3) is 0.333. The van der Waals surface area contributed by atoms with Gasteiger partial charge in [0.2, 0.25) is 0 Å². The summed E-state index contributed by atoms with van der Waals surface area (Å²) in [5.41, 5.74) is 1.57. The van der Waals surface area contributed by atoms with Crippen molar-refractivity contribution in [3.05, 3.63) is 39.2 Å². The molecule has 17 heavy (non-hydrogen) atoms. The number of nitrogens with one attached hydrogen (secondary N) is 1. The minimum absolute atomic E-state index is 0.118. The van der Waals surface area contributed by atoms with E-state index in [1.807, 2.05) is 19.2 Å². The average Bonchev–Trinajstić information content (AvgIpc) is 2.81. The van der Waals surface area contributed by atoms with Crippen LogP contribution >= 0.6 is 11.3 Å². The maximum absolute atomic E-state index is 11.9. The van der Waals surface area contributed by atoms with Crippen molar-refractivity contribution in [2.75, 3.05) is 0 Å². The molecular formula is C12H14N2O2S.